The first-order valence-electron chi connectivity index (χ1n) is 8.85. The molecule has 2 aromatic rings. The highest BCUT2D eigenvalue weighted by atomic mass is 16.5. The second-order valence-corrected chi connectivity index (χ2v) is 6.70. The van der Waals surface area contributed by atoms with Gasteiger partial charge >= 0.3 is 0 Å². The Morgan fingerprint density at radius 2 is 1.80 bits per heavy atom. The topological polar surface area (TPSA) is 29.5 Å². The van der Waals surface area contributed by atoms with Crippen LogP contribution < -0.4 is 4.74 Å². The molecule has 0 saturated heterocycles. The first kappa shape index (κ1) is 17.4. The summed E-state index contributed by atoms with van der Waals surface area (Å²) in [5.41, 5.74) is 3.83. The molecule has 3 rings (SSSR count). The van der Waals surface area contributed by atoms with Crippen LogP contribution in [0.3, 0.4) is 0 Å². The van der Waals surface area contributed by atoms with E-state index in [0.717, 1.165) is 53.8 Å². The summed E-state index contributed by atoms with van der Waals surface area (Å²) in [5.74, 6) is 0.990. The first-order valence-corrected chi connectivity index (χ1v) is 8.85. The van der Waals surface area contributed by atoms with Gasteiger partial charge in [-0.15, -0.1) is 0 Å². The van der Waals surface area contributed by atoms with Gasteiger partial charge in [-0.05, 0) is 51.1 Å². The summed E-state index contributed by atoms with van der Waals surface area (Å²) in [5, 5.41) is 0. The van der Waals surface area contributed by atoms with Gasteiger partial charge in [0.1, 0.15) is 5.75 Å². The van der Waals surface area contributed by atoms with E-state index in [9.17, 15) is 4.79 Å². The smallest absolute Gasteiger partial charge is 0.189 e. The number of nitrogens with zero attached hydrogens (tertiary/aromatic N) is 1. The van der Waals surface area contributed by atoms with Crippen molar-refractivity contribution in [3.05, 3.63) is 70.8 Å². The van der Waals surface area contributed by atoms with E-state index in [4.69, 9.17) is 4.74 Å². The lowest BCUT2D eigenvalue weighted by molar-refractivity contribution is 0.102. The number of para-hydroxylation sites is 1. The number of fused-ring (bicyclic) bond motifs is 1. The number of allylic oxidation sites excluding steroid dienone is 1. The van der Waals surface area contributed by atoms with E-state index >= 15 is 0 Å². The second kappa shape index (κ2) is 8.13. The molecule has 25 heavy (non-hydrogen) atoms. The Balaban J connectivity index is 1.76. The van der Waals surface area contributed by atoms with Gasteiger partial charge in [0.25, 0.3) is 0 Å². The summed E-state index contributed by atoms with van der Waals surface area (Å²) in [6.45, 7) is 1.67. The second-order valence-electron chi connectivity index (χ2n) is 6.70. The fourth-order valence-corrected chi connectivity index (χ4v) is 3.14. The molecular weight excluding hydrogens is 310 g/mol. The molecule has 3 heteroatoms. The third-order valence-corrected chi connectivity index (χ3v) is 4.47. The number of hydrogen-bond donors (Lipinski definition) is 0. The number of Topliss-reactive ketones (excluding diaryl/α,β-unsaturated/α-hetero) is 1. The Bertz CT molecular complexity index is 777. The van der Waals surface area contributed by atoms with E-state index in [1.807, 2.05) is 54.6 Å². The number of rotatable bonds is 6. The maximum absolute atomic E-state index is 12.8. The summed E-state index contributed by atoms with van der Waals surface area (Å²) in [4.78, 5) is 14.9. The van der Waals surface area contributed by atoms with Crippen molar-refractivity contribution < 1.29 is 9.53 Å². The Morgan fingerprint density at radius 1 is 1.04 bits per heavy atom. The molecule has 0 radical (unpaired) electrons. The molecule has 0 heterocycles. The highest BCUT2D eigenvalue weighted by molar-refractivity contribution is 6.13. The standard InChI is InChI=1S/C22H25NO2/c1-23(2)14-7-15-25-21-11-6-4-9-18(21)16-19-13-12-17-8-3-5-10-20(17)22(19)24/h3-6,8-11,16H,7,12-15H2,1-2H3. The van der Waals surface area contributed by atoms with Crippen molar-refractivity contribution in [1.82, 2.24) is 4.90 Å². The number of hydrogen-bond acceptors (Lipinski definition) is 3. The molecule has 0 N–H and O–H groups in total. The van der Waals surface area contributed by atoms with Gasteiger partial charge in [-0.3, -0.25) is 4.79 Å². The minimum atomic E-state index is 0.143. The lowest BCUT2D eigenvalue weighted by Crippen LogP contribution is -2.15. The summed E-state index contributed by atoms with van der Waals surface area (Å²) in [7, 11) is 4.12. The third kappa shape index (κ3) is 4.37. The van der Waals surface area contributed by atoms with Crippen molar-refractivity contribution in [3.8, 4) is 5.75 Å². The average molecular weight is 335 g/mol. The van der Waals surface area contributed by atoms with Gasteiger partial charge in [0.05, 0.1) is 6.61 Å². The van der Waals surface area contributed by atoms with E-state index < -0.39 is 0 Å². The van der Waals surface area contributed by atoms with E-state index in [1.54, 1.807) is 0 Å². The van der Waals surface area contributed by atoms with Crippen LogP contribution in [0.15, 0.2) is 54.1 Å². The fourth-order valence-electron chi connectivity index (χ4n) is 3.14. The van der Waals surface area contributed by atoms with Crippen molar-refractivity contribution in [2.45, 2.75) is 19.3 Å². The SMILES string of the molecule is CN(C)CCCOc1ccccc1C=C1CCc2ccccc2C1=O. The van der Waals surface area contributed by atoms with Crippen LogP contribution in [0.5, 0.6) is 5.75 Å². The van der Waals surface area contributed by atoms with Crippen molar-refractivity contribution >= 4 is 11.9 Å². The average Bonchev–Trinajstić information content (AvgIpc) is 2.62. The zero-order valence-electron chi connectivity index (χ0n) is 15.0. The van der Waals surface area contributed by atoms with Gasteiger partial charge in [0, 0.05) is 23.2 Å². The Kier molecular flexibility index (Phi) is 5.67. The van der Waals surface area contributed by atoms with Crippen LogP contribution in [-0.4, -0.2) is 37.9 Å². The predicted molar refractivity (Wildman–Crippen MR) is 102 cm³/mol. The molecule has 0 unspecified atom stereocenters. The highest BCUT2D eigenvalue weighted by Gasteiger charge is 2.21. The molecule has 2 aromatic carbocycles. The molecule has 0 amide bonds. The number of carbonyl (C=O) groups is 1. The molecule has 0 fully saturated rings. The van der Waals surface area contributed by atoms with Gasteiger partial charge in [-0.25, -0.2) is 0 Å². The molecule has 3 nitrogen and oxygen atoms in total. The zero-order chi connectivity index (χ0) is 17.6. The lowest BCUT2D eigenvalue weighted by Gasteiger charge is -2.18. The van der Waals surface area contributed by atoms with Crippen LogP contribution >= 0.6 is 0 Å². The first-order chi connectivity index (χ1) is 12.1. The maximum atomic E-state index is 12.8. The van der Waals surface area contributed by atoms with Crippen molar-refractivity contribution in [3.63, 3.8) is 0 Å². The van der Waals surface area contributed by atoms with Crippen LogP contribution in [0.25, 0.3) is 6.08 Å². The molecule has 0 spiro atoms. The van der Waals surface area contributed by atoms with Crippen LogP contribution in [0.1, 0.15) is 34.3 Å². The van der Waals surface area contributed by atoms with E-state index in [0.29, 0.717) is 6.61 Å². The summed E-state index contributed by atoms with van der Waals surface area (Å²) in [6.07, 6.45) is 4.67. The van der Waals surface area contributed by atoms with Gasteiger partial charge in [0.15, 0.2) is 5.78 Å². The van der Waals surface area contributed by atoms with Crippen LogP contribution in [0.2, 0.25) is 0 Å². The normalized spacial score (nSPS) is 15.5. The predicted octanol–water partition coefficient (Wildman–Crippen LogP) is 4.23. The molecule has 1 aliphatic carbocycles. The molecule has 130 valence electrons. The lowest BCUT2D eigenvalue weighted by atomic mass is 9.86. The number of carbonyl (C=O) groups excluding carboxylic acids is 1. The number of ether oxygens (including phenoxy) is 1. The minimum absolute atomic E-state index is 0.143. The monoisotopic (exact) mass is 335 g/mol. The molecule has 0 aliphatic heterocycles. The van der Waals surface area contributed by atoms with Crippen molar-refractivity contribution in [1.29, 1.82) is 0 Å². The Morgan fingerprint density at radius 3 is 2.64 bits per heavy atom. The molecule has 0 atom stereocenters. The van der Waals surface area contributed by atoms with E-state index in [-0.39, 0.29) is 5.78 Å². The summed E-state index contributed by atoms with van der Waals surface area (Å²) < 4.78 is 5.95. The number of benzene rings is 2. The quantitative estimate of drug-likeness (QED) is 0.584. The van der Waals surface area contributed by atoms with E-state index in [1.165, 1.54) is 0 Å². The van der Waals surface area contributed by atoms with Crippen LogP contribution in [-0.2, 0) is 6.42 Å². The zero-order valence-corrected chi connectivity index (χ0v) is 15.0. The van der Waals surface area contributed by atoms with E-state index in [2.05, 4.69) is 19.0 Å². The van der Waals surface area contributed by atoms with Crippen molar-refractivity contribution in [2.75, 3.05) is 27.2 Å². The van der Waals surface area contributed by atoms with Gasteiger partial charge < -0.3 is 9.64 Å². The van der Waals surface area contributed by atoms with Gasteiger partial charge in [0.2, 0.25) is 0 Å². The molecule has 0 aromatic heterocycles. The Hall–Kier alpha value is -2.39. The molecular formula is C22H25NO2. The Labute approximate surface area is 149 Å². The molecule has 1 aliphatic rings. The number of aryl methyl sites for hydroxylation is 1. The van der Waals surface area contributed by atoms with Crippen molar-refractivity contribution in [2.24, 2.45) is 0 Å². The maximum Gasteiger partial charge on any atom is 0.189 e. The minimum Gasteiger partial charge on any atom is -0.493 e. The summed E-state index contributed by atoms with van der Waals surface area (Å²) >= 11 is 0. The van der Waals surface area contributed by atoms with Crippen LogP contribution in [0, 0.1) is 0 Å². The highest BCUT2D eigenvalue weighted by Crippen LogP contribution is 2.29. The number of ketones is 1. The fraction of sp³-hybridized carbons (Fsp3) is 0.318. The summed E-state index contributed by atoms with van der Waals surface area (Å²) in [6, 6.07) is 15.9. The largest absolute Gasteiger partial charge is 0.493 e. The third-order valence-electron chi connectivity index (χ3n) is 4.47. The molecule has 0 saturated carbocycles. The van der Waals surface area contributed by atoms with Gasteiger partial charge in [-0.2, -0.15) is 0 Å². The van der Waals surface area contributed by atoms with Crippen LogP contribution in [0.4, 0.5) is 0 Å². The van der Waals surface area contributed by atoms with Gasteiger partial charge in [-0.1, -0.05) is 42.5 Å². The molecule has 0 bridgehead atoms.